The molecule has 0 saturated heterocycles. The molecule has 0 atom stereocenters. The highest BCUT2D eigenvalue weighted by Gasteiger charge is 2.25. The first-order valence-corrected chi connectivity index (χ1v) is 11.8. The van der Waals surface area contributed by atoms with Gasteiger partial charge < -0.3 is 15.0 Å². The summed E-state index contributed by atoms with van der Waals surface area (Å²) in [5.74, 6) is -1.31. The molecule has 0 unspecified atom stereocenters. The molecule has 0 bridgehead atoms. The Morgan fingerprint density at radius 3 is 2.55 bits per heavy atom. The average molecular weight is 439 g/mol. The fourth-order valence-corrected chi connectivity index (χ4v) is 4.12. The topological polar surface area (TPSA) is 139 Å². The molecule has 154 valence electrons. The number of nitrogens with one attached hydrogen (secondary N) is 1. The Morgan fingerprint density at radius 1 is 1.21 bits per heavy atom. The van der Waals surface area contributed by atoms with Crippen LogP contribution in [0.2, 0.25) is 0 Å². The molecule has 12 heteroatoms. The third-order valence-electron chi connectivity index (χ3n) is 3.96. The van der Waals surface area contributed by atoms with E-state index in [-0.39, 0.29) is 28.6 Å². The van der Waals surface area contributed by atoms with Gasteiger partial charge in [-0.3, -0.25) is 4.79 Å². The minimum Gasteiger partial charge on any atom is -0.452 e. The van der Waals surface area contributed by atoms with Crippen molar-refractivity contribution in [3.8, 4) is 0 Å². The maximum atomic E-state index is 12.1. The standard InChI is InChI=1S/C17H17N3O7S2/c1-28(23,24)14-5-3-13(4-6-14)18-16(21)11-27-17(22)12-2-7-15-19-29(25,26)9-8-20(15)10-12/h2-7,10H,8-9,11H2,1H3,(H,18,21). The molecule has 2 heterocycles. The lowest BCUT2D eigenvalue weighted by atomic mass is 10.2. The number of hydrogen-bond donors (Lipinski definition) is 1. The van der Waals surface area contributed by atoms with Gasteiger partial charge >= 0.3 is 5.97 Å². The van der Waals surface area contributed by atoms with Crippen LogP contribution in [-0.4, -0.2) is 64.6 Å². The van der Waals surface area contributed by atoms with E-state index in [0.717, 1.165) is 6.26 Å². The normalized spacial score (nSPS) is 17.6. The van der Waals surface area contributed by atoms with E-state index in [1.165, 1.54) is 47.5 Å². The van der Waals surface area contributed by atoms with Crippen LogP contribution in [0.5, 0.6) is 0 Å². The Bertz CT molecular complexity index is 1150. The van der Waals surface area contributed by atoms with Crippen LogP contribution in [0.25, 0.3) is 0 Å². The van der Waals surface area contributed by atoms with E-state index in [1.807, 2.05) is 0 Å². The van der Waals surface area contributed by atoms with Gasteiger partial charge in [0.1, 0.15) is 5.84 Å². The third-order valence-corrected chi connectivity index (χ3v) is 6.25. The second kappa shape index (κ2) is 7.79. The van der Waals surface area contributed by atoms with Crippen molar-refractivity contribution in [3.63, 3.8) is 0 Å². The van der Waals surface area contributed by atoms with E-state index < -0.39 is 38.3 Å². The Morgan fingerprint density at radius 2 is 1.90 bits per heavy atom. The van der Waals surface area contributed by atoms with Crippen LogP contribution in [0.15, 0.2) is 57.5 Å². The zero-order valence-corrected chi connectivity index (χ0v) is 16.9. The second-order valence-electron chi connectivity index (χ2n) is 6.27. The summed E-state index contributed by atoms with van der Waals surface area (Å²) in [6.45, 7) is -0.389. The van der Waals surface area contributed by atoms with Gasteiger partial charge in [-0.25, -0.2) is 21.6 Å². The molecule has 0 spiro atoms. The Hall–Kier alpha value is -2.99. The Kier molecular flexibility index (Phi) is 5.57. The van der Waals surface area contributed by atoms with Gasteiger partial charge in [0.2, 0.25) is 0 Å². The molecule has 29 heavy (non-hydrogen) atoms. The van der Waals surface area contributed by atoms with Gasteiger partial charge in [0, 0.05) is 24.7 Å². The molecular weight excluding hydrogens is 422 g/mol. The summed E-state index contributed by atoms with van der Waals surface area (Å²) in [7, 11) is -6.83. The number of esters is 1. The third kappa shape index (κ3) is 5.29. The average Bonchev–Trinajstić information content (AvgIpc) is 2.64. The van der Waals surface area contributed by atoms with Crippen molar-refractivity contribution in [1.29, 1.82) is 0 Å². The fraction of sp³-hybridized carbons (Fsp3) is 0.235. The van der Waals surface area contributed by atoms with Gasteiger partial charge in [0.25, 0.3) is 15.9 Å². The summed E-state index contributed by atoms with van der Waals surface area (Å²) in [6.07, 6.45) is 5.24. The smallest absolute Gasteiger partial charge is 0.340 e. The summed E-state index contributed by atoms with van der Waals surface area (Å²) in [5.41, 5.74) is 0.499. The van der Waals surface area contributed by atoms with Gasteiger partial charge in [0.15, 0.2) is 16.4 Å². The molecule has 0 radical (unpaired) electrons. The number of hydrogen-bond acceptors (Lipinski definition) is 8. The van der Waals surface area contributed by atoms with Crippen molar-refractivity contribution in [2.24, 2.45) is 4.40 Å². The summed E-state index contributed by atoms with van der Waals surface area (Å²) in [6, 6.07) is 5.56. The molecule has 1 aromatic carbocycles. The molecule has 2 aliphatic rings. The van der Waals surface area contributed by atoms with Gasteiger partial charge in [0.05, 0.1) is 16.2 Å². The van der Waals surface area contributed by atoms with Crippen LogP contribution in [-0.2, 0) is 34.2 Å². The lowest BCUT2D eigenvalue weighted by molar-refractivity contribution is -0.143. The van der Waals surface area contributed by atoms with Crippen LogP contribution in [0.3, 0.4) is 0 Å². The first kappa shape index (κ1) is 20.7. The van der Waals surface area contributed by atoms with E-state index in [1.54, 1.807) is 0 Å². The fourth-order valence-electron chi connectivity index (χ4n) is 2.52. The molecule has 1 aromatic rings. The van der Waals surface area contributed by atoms with Crippen molar-refractivity contribution in [3.05, 3.63) is 48.2 Å². The van der Waals surface area contributed by atoms with Crippen molar-refractivity contribution in [1.82, 2.24) is 4.90 Å². The van der Waals surface area contributed by atoms with Crippen LogP contribution in [0.1, 0.15) is 0 Å². The Balaban J connectivity index is 1.55. The summed E-state index contributed by atoms with van der Waals surface area (Å²) >= 11 is 0. The number of carbonyl (C=O) groups is 2. The number of fused-ring (bicyclic) bond motifs is 1. The van der Waals surface area contributed by atoms with E-state index in [4.69, 9.17) is 4.74 Å². The number of ether oxygens (including phenoxy) is 1. The highest BCUT2D eigenvalue weighted by Crippen LogP contribution is 2.17. The predicted octanol–water partition coefficient (Wildman–Crippen LogP) is 0.0694. The maximum Gasteiger partial charge on any atom is 0.340 e. The van der Waals surface area contributed by atoms with E-state index in [2.05, 4.69) is 9.71 Å². The first-order valence-electron chi connectivity index (χ1n) is 8.30. The van der Waals surface area contributed by atoms with Crippen LogP contribution < -0.4 is 5.32 Å². The minimum absolute atomic E-state index is 0.117. The monoisotopic (exact) mass is 439 g/mol. The van der Waals surface area contributed by atoms with Crippen LogP contribution in [0.4, 0.5) is 5.69 Å². The number of amidine groups is 1. The van der Waals surface area contributed by atoms with Crippen molar-refractivity contribution in [2.75, 3.05) is 30.5 Å². The number of benzene rings is 1. The molecule has 0 saturated carbocycles. The quantitative estimate of drug-likeness (QED) is 0.636. The number of amides is 1. The Labute approximate surface area is 167 Å². The van der Waals surface area contributed by atoms with E-state index >= 15 is 0 Å². The number of anilines is 1. The van der Waals surface area contributed by atoms with Crippen LogP contribution in [0, 0.1) is 0 Å². The predicted molar refractivity (Wildman–Crippen MR) is 104 cm³/mol. The summed E-state index contributed by atoms with van der Waals surface area (Å²) in [5, 5.41) is 2.49. The van der Waals surface area contributed by atoms with Gasteiger partial charge in [-0.1, -0.05) is 0 Å². The zero-order valence-electron chi connectivity index (χ0n) is 15.2. The zero-order chi connectivity index (χ0) is 21.2. The highest BCUT2D eigenvalue weighted by molar-refractivity contribution is 7.90. The minimum atomic E-state index is -3.49. The molecular formula is C17H17N3O7S2. The highest BCUT2D eigenvalue weighted by atomic mass is 32.2. The van der Waals surface area contributed by atoms with Crippen molar-refractivity contribution < 1.29 is 31.2 Å². The van der Waals surface area contributed by atoms with Crippen LogP contribution >= 0.6 is 0 Å². The lowest BCUT2D eigenvalue weighted by Gasteiger charge is -2.26. The lowest BCUT2D eigenvalue weighted by Crippen LogP contribution is -2.37. The van der Waals surface area contributed by atoms with Crippen molar-refractivity contribution >= 4 is 43.3 Å². The molecule has 0 aromatic heterocycles. The summed E-state index contributed by atoms with van der Waals surface area (Å²) < 4.78 is 54.4. The molecule has 3 rings (SSSR count). The molecule has 10 nitrogen and oxygen atoms in total. The number of sulfonamides is 1. The van der Waals surface area contributed by atoms with E-state index in [0.29, 0.717) is 5.69 Å². The molecule has 1 amide bonds. The second-order valence-corrected chi connectivity index (χ2v) is 10.0. The summed E-state index contributed by atoms with van der Waals surface area (Å²) in [4.78, 5) is 25.7. The van der Waals surface area contributed by atoms with E-state index in [9.17, 15) is 26.4 Å². The largest absolute Gasteiger partial charge is 0.452 e. The number of rotatable bonds is 5. The first-order chi connectivity index (χ1) is 13.5. The SMILES string of the molecule is CS(=O)(=O)c1ccc(NC(=O)COC(=O)C2=CN3CCS(=O)(=O)N=C3C=C2)cc1. The number of sulfone groups is 1. The number of nitrogens with zero attached hydrogens (tertiary/aromatic N) is 2. The molecule has 0 fully saturated rings. The van der Waals surface area contributed by atoms with Gasteiger partial charge in [-0.2, -0.15) is 0 Å². The van der Waals surface area contributed by atoms with Gasteiger partial charge in [-0.15, -0.1) is 4.40 Å². The molecule has 0 aliphatic carbocycles. The molecule has 2 aliphatic heterocycles. The van der Waals surface area contributed by atoms with Gasteiger partial charge in [-0.05, 0) is 36.4 Å². The maximum absolute atomic E-state index is 12.1. The molecule has 1 N–H and O–H groups in total. The number of carbonyl (C=O) groups excluding carboxylic acids is 2. The van der Waals surface area contributed by atoms with Crippen molar-refractivity contribution in [2.45, 2.75) is 4.90 Å².